The van der Waals surface area contributed by atoms with E-state index < -0.39 is 11.9 Å². The number of carbonyl (C=O) groups is 2. The van der Waals surface area contributed by atoms with Gasteiger partial charge in [-0.25, -0.2) is 9.59 Å². The van der Waals surface area contributed by atoms with Gasteiger partial charge >= 0.3 is 11.9 Å². The Morgan fingerprint density at radius 3 is 1.83 bits per heavy atom. The molecule has 0 aromatic heterocycles. The number of carboxylic acid groups (broad SMARTS) is 1. The molecule has 29 heavy (non-hydrogen) atoms. The van der Waals surface area contributed by atoms with Crippen LogP contribution in [0.2, 0.25) is 0 Å². The number of rotatable bonds is 16. The van der Waals surface area contributed by atoms with Crippen molar-refractivity contribution in [1.82, 2.24) is 0 Å². The van der Waals surface area contributed by atoms with Gasteiger partial charge in [-0.2, -0.15) is 0 Å². The van der Waals surface area contributed by atoms with E-state index in [-0.39, 0.29) is 11.1 Å². The quantitative estimate of drug-likeness (QED) is 0.238. The van der Waals surface area contributed by atoms with Crippen LogP contribution < -0.4 is 0 Å². The van der Waals surface area contributed by atoms with Gasteiger partial charge in [-0.3, -0.25) is 0 Å². The number of methoxy groups -OCH3 is 1. The molecular weight excluding hydrogens is 364 g/mol. The molecule has 0 aliphatic rings. The van der Waals surface area contributed by atoms with E-state index in [0.29, 0.717) is 0 Å². The Balaban J connectivity index is 2.87. The number of carboxylic acids is 1. The number of ether oxygens (including phenoxy) is 1. The second-order valence-corrected chi connectivity index (χ2v) is 8.01. The van der Waals surface area contributed by atoms with E-state index in [1.807, 2.05) is 6.07 Å². The van der Waals surface area contributed by atoms with Gasteiger partial charge in [0.1, 0.15) is 0 Å². The third-order valence-corrected chi connectivity index (χ3v) is 5.52. The Bertz CT molecular complexity index is 621. The predicted molar refractivity (Wildman–Crippen MR) is 119 cm³/mol. The molecule has 0 aliphatic carbocycles. The zero-order chi connectivity index (χ0) is 21.5. The lowest BCUT2D eigenvalue weighted by atomic mass is 9.92. The summed E-state index contributed by atoms with van der Waals surface area (Å²) in [7, 11) is 1.31. The maximum atomic E-state index is 12.3. The Kier molecular flexibility index (Phi) is 13.1. The number of hydrogen-bond donors (Lipinski definition) is 1. The smallest absolute Gasteiger partial charge is 0.339 e. The standard InChI is InChI=1S/C25H40O4/c1-4-6-8-10-12-14-16-20-18-21(17-15-13-11-9-7-5-2)23(25(28)29-3)22(19-20)24(26)27/h18-19H,4-17H2,1-3H3,(H,26,27). The van der Waals surface area contributed by atoms with Gasteiger partial charge in [-0.1, -0.05) is 84.1 Å². The highest BCUT2D eigenvalue weighted by molar-refractivity contribution is 6.03. The topological polar surface area (TPSA) is 63.6 Å². The summed E-state index contributed by atoms with van der Waals surface area (Å²) >= 11 is 0. The van der Waals surface area contributed by atoms with Crippen LogP contribution in [0.15, 0.2) is 12.1 Å². The van der Waals surface area contributed by atoms with Crippen LogP contribution in [-0.4, -0.2) is 24.2 Å². The minimum Gasteiger partial charge on any atom is -0.478 e. The van der Waals surface area contributed by atoms with Crippen molar-refractivity contribution in [3.63, 3.8) is 0 Å². The number of carbonyl (C=O) groups excluding carboxylic acids is 1. The molecule has 0 saturated heterocycles. The van der Waals surface area contributed by atoms with Crippen LogP contribution in [0.1, 0.15) is 123 Å². The summed E-state index contributed by atoms with van der Waals surface area (Å²) in [5.41, 5.74) is 2.17. The average Bonchev–Trinajstić information content (AvgIpc) is 2.72. The zero-order valence-electron chi connectivity index (χ0n) is 18.7. The number of hydrogen-bond acceptors (Lipinski definition) is 3. The third-order valence-electron chi connectivity index (χ3n) is 5.52. The Labute approximate surface area is 177 Å². The lowest BCUT2D eigenvalue weighted by Crippen LogP contribution is -2.14. The highest BCUT2D eigenvalue weighted by Gasteiger charge is 2.22. The van der Waals surface area contributed by atoms with E-state index >= 15 is 0 Å². The molecule has 164 valence electrons. The van der Waals surface area contributed by atoms with E-state index in [0.717, 1.165) is 49.7 Å². The molecular formula is C25H40O4. The van der Waals surface area contributed by atoms with Crippen molar-refractivity contribution in [2.75, 3.05) is 7.11 Å². The van der Waals surface area contributed by atoms with Crippen molar-refractivity contribution in [2.24, 2.45) is 0 Å². The molecule has 0 amide bonds. The molecule has 1 N–H and O–H groups in total. The van der Waals surface area contributed by atoms with Gasteiger partial charge in [0.25, 0.3) is 0 Å². The van der Waals surface area contributed by atoms with Crippen LogP contribution in [-0.2, 0) is 17.6 Å². The first-order chi connectivity index (χ1) is 14.0. The van der Waals surface area contributed by atoms with Crippen LogP contribution >= 0.6 is 0 Å². The molecule has 0 fully saturated rings. The van der Waals surface area contributed by atoms with Crippen molar-refractivity contribution in [3.8, 4) is 0 Å². The number of aryl methyl sites for hydroxylation is 2. The fourth-order valence-electron chi connectivity index (χ4n) is 3.83. The SMILES string of the molecule is CCCCCCCCc1cc(CCCCCCCC)c(C(=O)OC)c(C(=O)O)c1. The molecule has 0 radical (unpaired) electrons. The summed E-state index contributed by atoms with van der Waals surface area (Å²) in [5, 5.41) is 9.69. The zero-order valence-corrected chi connectivity index (χ0v) is 18.7. The maximum absolute atomic E-state index is 12.3. The summed E-state index contributed by atoms with van der Waals surface area (Å²) in [5.74, 6) is -1.60. The number of esters is 1. The van der Waals surface area contributed by atoms with E-state index in [2.05, 4.69) is 13.8 Å². The van der Waals surface area contributed by atoms with Crippen LogP contribution in [0.3, 0.4) is 0 Å². The van der Waals surface area contributed by atoms with Gasteiger partial charge < -0.3 is 9.84 Å². The first kappa shape index (κ1) is 25.2. The van der Waals surface area contributed by atoms with Gasteiger partial charge in [0, 0.05) is 0 Å². The Hall–Kier alpha value is -1.84. The lowest BCUT2D eigenvalue weighted by molar-refractivity contribution is 0.0581. The second kappa shape index (κ2) is 15.1. The first-order valence-corrected chi connectivity index (χ1v) is 11.5. The van der Waals surface area contributed by atoms with Gasteiger partial charge in [-0.05, 0) is 42.9 Å². The highest BCUT2D eigenvalue weighted by atomic mass is 16.5. The molecule has 0 heterocycles. The van der Waals surface area contributed by atoms with E-state index in [1.54, 1.807) is 6.07 Å². The molecule has 4 nitrogen and oxygen atoms in total. The monoisotopic (exact) mass is 404 g/mol. The minimum absolute atomic E-state index is 0.0846. The van der Waals surface area contributed by atoms with Gasteiger partial charge in [0.2, 0.25) is 0 Å². The summed E-state index contributed by atoms with van der Waals surface area (Å²) < 4.78 is 4.90. The van der Waals surface area contributed by atoms with Gasteiger partial charge in [0.05, 0.1) is 18.2 Å². The molecule has 0 saturated carbocycles. The van der Waals surface area contributed by atoms with Crippen LogP contribution in [0, 0.1) is 0 Å². The average molecular weight is 405 g/mol. The van der Waals surface area contributed by atoms with Crippen LogP contribution in [0.5, 0.6) is 0 Å². The Morgan fingerprint density at radius 1 is 0.793 bits per heavy atom. The van der Waals surface area contributed by atoms with Crippen LogP contribution in [0.25, 0.3) is 0 Å². The largest absolute Gasteiger partial charge is 0.478 e. The Morgan fingerprint density at radius 2 is 1.31 bits per heavy atom. The molecule has 0 spiro atoms. The lowest BCUT2D eigenvalue weighted by Gasteiger charge is -2.14. The second-order valence-electron chi connectivity index (χ2n) is 8.01. The molecule has 0 bridgehead atoms. The van der Waals surface area contributed by atoms with Gasteiger partial charge in [-0.15, -0.1) is 0 Å². The molecule has 1 aromatic rings. The molecule has 1 aromatic carbocycles. The fraction of sp³-hybridized carbons (Fsp3) is 0.680. The van der Waals surface area contributed by atoms with Crippen molar-refractivity contribution in [3.05, 3.63) is 34.4 Å². The first-order valence-electron chi connectivity index (χ1n) is 11.5. The minimum atomic E-state index is -1.06. The summed E-state index contributed by atoms with van der Waals surface area (Å²) in [6.45, 7) is 4.41. The maximum Gasteiger partial charge on any atom is 0.339 e. The highest BCUT2D eigenvalue weighted by Crippen LogP contribution is 2.23. The van der Waals surface area contributed by atoms with E-state index in [1.165, 1.54) is 58.5 Å². The summed E-state index contributed by atoms with van der Waals surface area (Å²) in [6.07, 6.45) is 15.8. The van der Waals surface area contributed by atoms with Crippen molar-refractivity contribution < 1.29 is 19.4 Å². The summed E-state index contributed by atoms with van der Waals surface area (Å²) in [6, 6.07) is 3.71. The molecule has 0 unspecified atom stereocenters. The summed E-state index contributed by atoms with van der Waals surface area (Å²) in [4.78, 5) is 24.2. The normalized spacial score (nSPS) is 10.9. The molecule has 0 aliphatic heterocycles. The van der Waals surface area contributed by atoms with Crippen molar-refractivity contribution in [2.45, 2.75) is 104 Å². The fourth-order valence-corrected chi connectivity index (χ4v) is 3.83. The van der Waals surface area contributed by atoms with Crippen molar-refractivity contribution in [1.29, 1.82) is 0 Å². The number of unbranched alkanes of at least 4 members (excludes halogenated alkanes) is 10. The van der Waals surface area contributed by atoms with E-state index in [9.17, 15) is 14.7 Å². The predicted octanol–water partition coefficient (Wildman–Crippen LogP) is 6.98. The van der Waals surface area contributed by atoms with Gasteiger partial charge in [0.15, 0.2) is 0 Å². The van der Waals surface area contributed by atoms with Crippen LogP contribution in [0.4, 0.5) is 0 Å². The molecule has 0 atom stereocenters. The molecule has 1 rings (SSSR count). The third kappa shape index (κ3) is 9.47. The van der Waals surface area contributed by atoms with Crippen molar-refractivity contribution >= 4 is 11.9 Å². The number of benzene rings is 1. The van der Waals surface area contributed by atoms with E-state index in [4.69, 9.17) is 4.74 Å². The molecule has 4 heteroatoms. The number of aromatic carboxylic acids is 1.